The third kappa shape index (κ3) is 4.86. The molecule has 0 saturated heterocycles. The van der Waals surface area contributed by atoms with E-state index in [2.05, 4.69) is 36.9 Å². The summed E-state index contributed by atoms with van der Waals surface area (Å²) < 4.78 is 1.69. The van der Waals surface area contributed by atoms with Crippen molar-refractivity contribution in [1.29, 1.82) is 5.26 Å². The molecule has 1 fully saturated rings. The average Bonchev–Trinajstić information content (AvgIpc) is 3.47. The van der Waals surface area contributed by atoms with Crippen LogP contribution in [0.3, 0.4) is 0 Å². The standard InChI is InChI=1S/C25H26N8O/c1-16-5-6-17(13-27-16)14-28-25(34)24-15-33(32-31-24)9-3-2-4-19-10-21-22(12-26)20(18-7-8-18)11-23(21)30-29-19/h5-6,10,13,15,18H,2-4,7-9,11,14H2,1H3,(H,28,34). The van der Waals surface area contributed by atoms with Gasteiger partial charge in [0, 0.05) is 37.0 Å². The van der Waals surface area contributed by atoms with E-state index in [9.17, 15) is 10.1 Å². The van der Waals surface area contributed by atoms with Crippen LogP contribution in [0.15, 0.2) is 36.2 Å². The predicted octanol–water partition coefficient (Wildman–Crippen LogP) is 2.97. The highest BCUT2D eigenvalue weighted by Crippen LogP contribution is 2.45. The third-order valence-electron chi connectivity index (χ3n) is 6.32. The molecule has 0 atom stereocenters. The molecule has 0 aromatic carbocycles. The van der Waals surface area contributed by atoms with Crippen molar-refractivity contribution in [3.63, 3.8) is 0 Å². The zero-order valence-corrected chi connectivity index (χ0v) is 19.2. The minimum Gasteiger partial charge on any atom is -0.346 e. The first-order chi connectivity index (χ1) is 16.6. The molecule has 0 aliphatic heterocycles. The monoisotopic (exact) mass is 454 g/mol. The molecule has 0 radical (unpaired) electrons. The molecule has 34 heavy (non-hydrogen) atoms. The van der Waals surface area contributed by atoms with Gasteiger partial charge in [-0.15, -0.1) is 5.10 Å². The van der Waals surface area contributed by atoms with Crippen LogP contribution < -0.4 is 5.32 Å². The van der Waals surface area contributed by atoms with Gasteiger partial charge in [0.1, 0.15) is 0 Å². The number of pyridine rings is 1. The Morgan fingerprint density at radius 1 is 1.24 bits per heavy atom. The molecule has 9 nitrogen and oxygen atoms in total. The van der Waals surface area contributed by atoms with E-state index >= 15 is 0 Å². The van der Waals surface area contributed by atoms with E-state index in [1.807, 2.05) is 25.1 Å². The number of nitrogens with one attached hydrogen (secondary N) is 1. The van der Waals surface area contributed by atoms with Gasteiger partial charge in [-0.3, -0.25) is 14.5 Å². The molecule has 2 aliphatic rings. The quantitative estimate of drug-likeness (QED) is 0.493. The fourth-order valence-corrected chi connectivity index (χ4v) is 4.25. The topological polar surface area (TPSA) is 122 Å². The summed E-state index contributed by atoms with van der Waals surface area (Å²) in [7, 11) is 0. The summed E-state index contributed by atoms with van der Waals surface area (Å²) in [5.41, 5.74) is 7.07. The number of amides is 1. The second kappa shape index (κ2) is 9.51. The zero-order chi connectivity index (χ0) is 23.5. The summed E-state index contributed by atoms with van der Waals surface area (Å²) in [5, 5.41) is 29.3. The van der Waals surface area contributed by atoms with E-state index in [-0.39, 0.29) is 5.91 Å². The number of unbranched alkanes of at least 4 members (excludes halogenated alkanes) is 1. The maximum Gasteiger partial charge on any atom is 0.273 e. The number of carbonyl (C=O) groups is 1. The molecular formula is C25H26N8O. The van der Waals surface area contributed by atoms with Crippen LogP contribution in [0.25, 0.3) is 5.57 Å². The molecule has 9 heteroatoms. The van der Waals surface area contributed by atoms with Gasteiger partial charge in [-0.05, 0) is 68.2 Å². The smallest absolute Gasteiger partial charge is 0.273 e. The number of rotatable bonds is 9. The number of hydrogen-bond donors (Lipinski definition) is 1. The minimum absolute atomic E-state index is 0.257. The summed E-state index contributed by atoms with van der Waals surface area (Å²) in [6.07, 6.45) is 9.12. The van der Waals surface area contributed by atoms with Crippen molar-refractivity contribution in [1.82, 2.24) is 35.5 Å². The van der Waals surface area contributed by atoms with Gasteiger partial charge in [-0.25, -0.2) is 0 Å². The number of aromatic nitrogens is 6. The highest BCUT2D eigenvalue weighted by molar-refractivity contribution is 5.91. The molecule has 0 unspecified atom stereocenters. The Morgan fingerprint density at radius 2 is 2.12 bits per heavy atom. The second-order valence-electron chi connectivity index (χ2n) is 8.97. The SMILES string of the molecule is Cc1ccc(CNC(=O)c2cn(CCCCc3cc4c(nn3)CC(C3CC3)=C4C#N)nn2)cn1. The largest absolute Gasteiger partial charge is 0.346 e. The van der Waals surface area contributed by atoms with Crippen molar-refractivity contribution in [2.24, 2.45) is 5.92 Å². The molecule has 3 heterocycles. The summed E-state index contributed by atoms with van der Waals surface area (Å²) in [6.45, 7) is 2.98. The number of nitrogens with zero attached hydrogens (tertiary/aromatic N) is 7. The lowest BCUT2D eigenvalue weighted by Gasteiger charge is -2.04. The van der Waals surface area contributed by atoms with Crippen LogP contribution in [0.5, 0.6) is 0 Å². The summed E-state index contributed by atoms with van der Waals surface area (Å²) in [6, 6.07) is 8.29. The van der Waals surface area contributed by atoms with Gasteiger partial charge in [-0.1, -0.05) is 11.3 Å². The molecular weight excluding hydrogens is 428 g/mol. The lowest BCUT2D eigenvalue weighted by atomic mass is 10.0. The van der Waals surface area contributed by atoms with Gasteiger partial charge < -0.3 is 5.32 Å². The summed E-state index contributed by atoms with van der Waals surface area (Å²) in [5.74, 6) is 0.314. The molecule has 3 aromatic heterocycles. The first kappa shape index (κ1) is 21.9. The molecule has 3 aromatic rings. The number of allylic oxidation sites excluding steroid dienone is 2. The van der Waals surface area contributed by atoms with Crippen LogP contribution in [-0.2, 0) is 25.9 Å². The fourth-order valence-electron chi connectivity index (χ4n) is 4.25. The average molecular weight is 455 g/mol. The number of fused-ring (bicyclic) bond motifs is 1. The van der Waals surface area contributed by atoms with Crippen LogP contribution in [-0.4, -0.2) is 36.1 Å². The van der Waals surface area contributed by atoms with Gasteiger partial charge >= 0.3 is 0 Å². The zero-order valence-electron chi connectivity index (χ0n) is 19.2. The third-order valence-corrected chi connectivity index (χ3v) is 6.32. The summed E-state index contributed by atoms with van der Waals surface area (Å²) >= 11 is 0. The maximum absolute atomic E-state index is 12.3. The van der Waals surface area contributed by atoms with Gasteiger partial charge in [0.15, 0.2) is 5.69 Å². The van der Waals surface area contributed by atoms with Crippen molar-refractivity contribution >= 4 is 11.5 Å². The van der Waals surface area contributed by atoms with E-state index in [4.69, 9.17) is 0 Å². The van der Waals surface area contributed by atoms with Crippen molar-refractivity contribution < 1.29 is 4.79 Å². The molecule has 1 saturated carbocycles. The first-order valence-corrected chi connectivity index (χ1v) is 11.7. The number of hydrogen-bond acceptors (Lipinski definition) is 7. The molecule has 2 aliphatic carbocycles. The Labute approximate surface area is 197 Å². The van der Waals surface area contributed by atoms with Crippen LogP contribution in [0.4, 0.5) is 0 Å². The lowest BCUT2D eigenvalue weighted by Crippen LogP contribution is -2.23. The van der Waals surface area contributed by atoms with Crippen LogP contribution in [0.1, 0.15) is 64.4 Å². The van der Waals surface area contributed by atoms with Gasteiger partial charge in [0.2, 0.25) is 0 Å². The highest BCUT2D eigenvalue weighted by Gasteiger charge is 2.34. The number of carbonyl (C=O) groups excluding carboxylic acids is 1. The highest BCUT2D eigenvalue weighted by atomic mass is 16.2. The van der Waals surface area contributed by atoms with Gasteiger partial charge in [0.05, 0.1) is 29.2 Å². The fraction of sp³-hybridized carbons (Fsp3) is 0.400. The van der Waals surface area contributed by atoms with Crippen molar-refractivity contribution in [2.45, 2.75) is 58.5 Å². The number of aryl methyl sites for hydroxylation is 3. The molecule has 172 valence electrons. The Bertz CT molecular complexity index is 1280. The molecule has 1 N–H and O–H groups in total. The van der Waals surface area contributed by atoms with E-state index in [1.54, 1.807) is 17.1 Å². The van der Waals surface area contributed by atoms with E-state index < -0.39 is 0 Å². The predicted molar refractivity (Wildman–Crippen MR) is 124 cm³/mol. The minimum atomic E-state index is -0.257. The van der Waals surface area contributed by atoms with Crippen molar-refractivity contribution in [3.05, 3.63) is 70.1 Å². The van der Waals surface area contributed by atoms with Crippen LogP contribution in [0.2, 0.25) is 0 Å². The maximum atomic E-state index is 12.3. The Kier molecular flexibility index (Phi) is 6.12. The normalized spacial score (nSPS) is 14.7. The molecule has 1 amide bonds. The first-order valence-electron chi connectivity index (χ1n) is 11.7. The Balaban J connectivity index is 1.09. The van der Waals surface area contributed by atoms with Crippen LogP contribution in [0, 0.1) is 24.2 Å². The molecule has 0 bridgehead atoms. The lowest BCUT2D eigenvalue weighted by molar-refractivity contribution is 0.0946. The van der Waals surface area contributed by atoms with Crippen LogP contribution >= 0.6 is 0 Å². The molecule has 5 rings (SSSR count). The summed E-state index contributed by atoms with van der Waals surface area (Å²) in [4.78, 5) is 16.6. The second-order valence-corrected chi connectivity index (χ2v) is 8.97. The Hall–Kier alpha value is -3.93. The van der Waals surface area contributed by atoms with Crippen molar-refractivity contribution in [3.8, 4) is 6.07 Å². The van der Waals surface area contributed by atoms with E-state index in [0.29, 0.717) is 24.7 Å². The van der Waals surface area contributed by atoms with E-state index in [0.717, 1.165) is 59.5 Å². The van der Waals surface area contributed by atoms with Crippen molar-refractivity contribution in [2.75, 3.05) is 0 Å². The van der Waals surface area contributed by atoms with Gasteiger partial charge in [0.25, 0.3) is 5.91 Å². The molecule has 0 spiro atoms. The van der Waals surface area contributed by atoms with E-state index in [1.165, 1.54) is 18.4 Å². The Morgan fingerprint density at radius 3 is 2.88 bits per heavy atom. The number of nitriles is 1. The van der Waals surface area contributed by atoms with Gasteiger partial charge in [-0.2, -0.15) is 15.5 Å².